The number of nitrogens with one attached hydrogen (secondary N) is 1. The van der Waals surface area contributed by atoms with Crippen molar-refractivity contribution in [3.63, 3.8) is 0 Å². The summed E-state index contributed by atoms with van der Waals surface area (Å²) >= 11 is 0. The molecule has 1 aromatic heterocycles. The highest BCUT2D eigenvalue weighted by Gasteiger charge is 2.32. The second kappa shape index (κ2) is 2.88. The molecule has 2 nitrogen and oxygen atoms in total. The van der Waals surface area contributed by atoms with E-state index >= 15 is 0 Å². The van der Waals surface area contributed by atoms with E-state index < -0.39 is 0 Å². The van der Waals surface area contributed by atoms with Gasteiger partial charge in [0, 0.05) is 18.0 Å². The summed E-state index contributed by atoms with van der Waals surface area (Å²) in [7, 11) is 0. The second-order valence-corrected chi connectivity index (χ2v) is 4.61. The Hall–Kier alpha value is -0.760. The Bertz CT molecular complexity index is 301. The highest BCUT2D eigenvalue weighted by atomic mass is 16.3. The molecule has 1 atom stereocenters. The first kappa shape index (κ1) is 8.82. The Balaban J connectivity index is 2.12. The van der Waals surface area contributed by atoms with E-state index in [-0.39, 0.29) is 5.54 Å². The van der Waals surface area contributed by atoms with Crippen LogP contribution in [0.5, 0.6) is 0 Å². The summed E-state index contributed by atoms with van der Waals surface area (Å²) < 4.78 is 5.62. The average molecular weight is 179 g/mol. The van der Waals surface area contributed by atoms with Crippen LogP contribution in [0.25, 0.3) is 0 Å². The van der Waals surface area contributed by atoms with Crippen molar-refractivity contribution in [1.82, 2.24) is 5.32 Å². The molecule has 0 aliphatic carbocycles. The van der Waals surface area contributed by atoms with Crippen LogP contribution in [0.15, 0.2) is 16.5 Å². The number of rotatable bonds is 1. The first-order valence-electron chi connectivity index (χ1n) is 4.88. The number of hydrogen-bond acceptors (Lipinski definition) is 2. The smallest absolute Gasteiger partial charge is 0.108 e. The molecule has 0 aromatic carbocycles. The van der Waals surface area contributed by atoms with Gasteiger partial charge in [0.25, 0.3) is 0 Å². The number of aryl methyl sites for hydroxylation is 1. The van der Waals surface area contributed by atoms with E-state index in [1.54, 1.807) is 0 Å². The minimum absolute atomic E-state index is 0.269. The molecule has 1 aliphatic rings. The summed E-state index contributed by atoms with van der Waals surface area (Å²) in [4.78, 5) is 0. The molecular formula is C11H17NO. The fraction of sp³-hybridized carbons (Fsp3) is 0.636. The van der Waals surface area contributed by atoms with Crippen molar-refractivity contribution in [2.45, 2.75) is 38.6 Å². The van der Waals surface area contributed by atoms with Crippen molar-refractivity contribution in [2.24, 2.45) is 0 Å². The van der Waals surface area contributed by atoms with Gasteiger partial charge in [-0.15, -0.1) is 0 Å². The zero-order chi connectivity index (χ0) is 9.47. The molecule has 0 amide bonds. The van der Waals surface area contributed by atoms with E-state index in [9.17, 15) is 0 Å². The van der Waals surface area contributed by atoms with Crippen molar-refractivity contribution in [2.75, 3.05) is 6.54 Å². The van der Waals surface area contributed by atoms with Crippen LogP contribution < -0.4 is 5.32 Å². The summed E-state index contributed by atoms with van der Waals surface area (Å²) in [5, 5.41) is 3.49. The van der Waals surface area contributed by atoms with Crippen LogP contribution in [-0.2, 0) is 0 Å². The van der Waals surface area contributed by atoms with Crippen LogP contribution in [0.1, 0.15) is 37.7 Å². The van der Waals surface area contributed by atoms with Crippen LogP contribution in [0, 0.1) is 6.92 Å². The third-order valence-electron chi connectivity index (χ3n) is 2.75. The molecule has 0 radical (unpaired) electrons. The molecule has 1 N–H and O–H groups in total. The van der Waals surface area contributed by atoms with Gasteiger partial charge in [-0.3, -0.25) is 0 Å². The molecule has 72 valence electrons. The molecule has 1 aliphatic heterocycles. The van der Waals surface area contributed by atoms with Gasteiger partial charge in [0.2, 0.25) is 0 Å². The normalized spacial score (nSPS) is 26.5. The van der Waals surface area contributed by atoms with Gasteiger partial charge >= 0.3 is 0 Å². The Morgan fingerprint density at radius 1 is 1.46 bits per heavy atom. The van der Waals surface area contributed by atoms with Crippen LogP contribution in [0.3, 0.4) is 0 Å². The lowest BCUT2D eigenvalue weighted by Crippen LogP contribution is -2.31. The molecular weight excluding hydrogens is 162 g/mol. The third-order valence-corrected chi connectivity index (χ3v) is 2.75. The van der Waals surface area contributed by atoms with Crippen molar-refractivity contribution >= 4 is 0 Å². The van der Waals surface area contributed by atoms with Gasteiger partial charge in [-0.2, -0.15) is 0 Å². The minimum atomic E-state index is 0.269. The van der Waals surface area contributed by atoms with Crippen LogP contribution >= 0.6 is 0 Å². The summed E-state index contributed by atoms with van der Waals surface area (Å²) in [6.07, 6.45) is 1.17. The van der Waals surface area contributed by atoms with Gasteiger partial charge in [0.15, 0.2) is 0 Å². The van der Waals surface area contributed by atoms with Crippen molar-refractivity contribution < 1.29 is 4.42 Å². The lowest BCUT2D eigenvalue weighted by molar-refractivity contribution is 0.426. The topological polar surface area (TPSA) is 25.2 Å². The van der Waals surface area contributed by atoms with E-state index in [0.717, 1.165) is 18.1 Å². The Labute approximate surface area is 79.3 Å². The minimum Gasteiger partial charge on any atom is -0.466 e. The highest BCUT2D eigenvalue weighted by Crippen LogP contribution is 2.32. The zero-order valence-corrected chi connectivity index (χ0v) is 8.55. The Kier molecular flexibility index (Phi) is 1.95. The molecule has 1 fully saturated rings. The molecule has 2 rings (SSSR count). The fourth-order valence-electron chi connectivity index (χ4n) is 2.03. The van der Waals surface area contributed by atoms with E-state index in [4.69, 9.17) is 4.42 Å². The van der Waals surface area contributed by atoms with Crippen LogP contribution in [-0.4, -0.2) is 12.1 Å². The average Bonchev–Trinajstić information content (AvgIpc) is 2.56. The second-order valence-electron chi connectivity index (χ2n) is 4.61. The largest absolute Gasteiger partial charge is 0.466 e. The fourth-order valence-corrected chi connectivity index (χ4v) is 2.03. The molecule has 13 heavy (non-hydrogen) atoms. The molecule has 1 unspecified atom stereocenters. The first-order valence-corrected chi connectivity index (χ1v) is 4.88. The molecule has 2 heterocycles. The zero-order valence-electron chi connectivity index (χ0n) is 8.55. The van der Waals surface area contributed by atoms with Crippen LogP contribution in [0.2, 0.25) is 0 Å². The maximum atomic E-state index is 5.62. The van der Waals surface area contributed by atoms with Crippen molar-refractivity contribution in [3.8, 4) is 0 Å². The van der Waals surface area contributed by atoms with Gasteiger partial charge in [-0.1, -0.05) is 0 Å². The van der Waals surface area contributed by atoms with Gasteiger partial charge in [0.1, 0.15) is 11.5 Å². The molecule has 0 spiro atoms. The van der Waals surface area contributed by atoms with Crippen LogP contribution in [0.4, 0.5) is 0 Å². The monoisotopic (exact) mass is 179 g/mol. The highest BCUT2D eigenvalue weighted by molar-refractivity contribution is 5.14. The van der Waals surface area contributed by atoms with Gasteiger partial charge in [-0.05, 0) is 39.3 Å². The van der Waals surface area contributed by atoms with Gasteiger partial charge < -0.3 is 9.73 Å². The lowest BCUT2D eigenvalue weighted by Gasteiger charge is -2.16. The van der Waals surface area contributed by atoms with E-state index in [2.05, 4.69) is 25.2 Å². The van der Waals surface area contributed by atoms with E-state index in [0.29, 0.717) is 5.92 Å². The standard InChI is InChI=1S/C11H17NO/c1-8-4-5-10(13-8)9-6-11(2,3)12-7-9/h4-5,9,12H,6-7H2,1-3H3. The molecule has 0 saturated carbocycles. The molecule has 2 heteroatoms. The SMILES string of the molecule is Cc1ccc(C2CNC(C)(C)C2)o1. The predicted octanol–water partition coefficient (Wildman–Crippen LogP) is 2.44. The third kappa shape index (κ3) is 1.78. The van der Waals surface area contributed by atoms with Gasteiger partial charge in [0.05, 0.1) is 0 Å². The van der Waals surface area contributed by atoms with Crippen molar-refractivity contribution in [3.05, 3.63) is 23.7 Å². The summed E-state index contributed by atoms with van der Waals surface area (Å²) in [6, 6.07) is 4.14. The van der Waals surface area contributed by atoms with E-state index in [1.807, 2.05) is 13.0 Å². The Morgan fingerprint density at radius 2 is 2.23 bits per heavy atom. The number of furan rings is 1. The summed E-state index contributed by atoms with van der Waals surface area (Å²) in [5.74, 6) is 2.71. The molecule has 1 aromatic rings. The predicted molar refractivity (Wildman–Crippen MR) is 52.9 cm³/mol. The first-order chi connectivity index (χ1) is 6.07. The lowest BCUT2D eigenvalue weighted by atomic mass is 9.95. The van der Waals surface area contributed by atoms with Crippen molar-refractivity contribution in [1.29, 1.82) is 0 Å². The van der Waals surface area contributed by atoms with E-state index in [1.165, 1.54) is 6.42 Å². The maximum absolute atomic E-state index is 5.62. The molecule has 0 bridgehead atoms. The van der Waals surface area contributed by atoms with Gasteiger partial charge in [-0.25, -0.2) is 0 Å². The maximum Gasteiger partial charge on any atom is 0.108 e. The summed E-state index contributed by atoms with van der Waals surface area (Å²) in [5.41, 5.74) is 0.269. The molecule has 1 saturated heterocycles. The quantitative estimate of drug-likeness (QED) is 0.716. The Morgan fingerprint density at radius 3 is 2.69 bits per heavy atom. The number of hydrogen-bond donors (Lipinski definition) is 1. The summed E-state index contributed by atoms with van der Waals surface area (Å²) in [6.45, 7) is 7.52.